The Kier molecular flexibility index (Phi) is 3.54. The van der Waals surface area contributed by atoms with Crippen molar-refractivity contribution >= 4 is 11.0 Å². The maximum absolute atomic E-state index is 13.0. The molecule has 2 aromatic rings. The van der Waals surface area contributed by atoms with Gasteiger partial charge in [-0.3, -0.25) is 14.3 Å². The van der Waals surface area contributed by atoms with Crippen molar-refractivity contribution in [2.24, 2.45) is 0 Å². The smallest absolute Gasteiger partial charge is 0.278 e. The first-order valence-corrected chi connectivity index (χ1v) is 5.79. The number of hydrogen-bond donors (Lipinski definition) is 1. The van der Waals surface area contributed by atoms with E-state index in [-0.39, 0.29) is 12.6 Å². The van der Waals surface area contributed by atoms with Crippen LogP contribution in [0.3, 0.4) is 0 Å². The van der Waals surface area contributed by atoms with E-state index in [1.165, 1.54) is 6.92 Å². The molecule has 2 heterocycles. The molecular weight excluding hydrogens is 320 g/mol. The maximum atomic E-state index is 13.0. The zero-order valence-electron chi connectivity index (χ0n) is 10.8. The number of nitrogens with one attached hydrogen (secondary N) is 1. The molecule has 2 rings (SSSR count). The molecular formula is C11H7F6N3O2. The number of pyridine rings is 1. The van der Waals surface area contributed by atoms with Crippen LogP contribution in [0.15, 0.2) is 15.7 Å². The summed E-state index contributed by atoms with van der Waals surface area (Å²) in [5.74, 6) is 0. The van der Waals surface area contributed by atoms with Crippen LogP contribution in [-0.4, -0.2) is 14.5 Å². The molecule has 0 radical (unpaired) electrons. The first kappa shape index (κ1) is 16.0. The van der Waals surface area contributed by atoms with Crippen LogP contribution in [0, 0.1) is 0 Å². The number of nitrogens with zero attached hydrogens (tertiary/aromatic N) is 2. The molecule has 0 aromatic carbocycles. The van der Waals surface area contributed by atoms with Crippen LogP contribution in [0.25, 0.3) is 11.0 Å². The molecule has 1 N–H and O–H groups in total. The second-order valence-electron chi connectivity index (χ2n) is 4.25. The third kappa shape index (κ3) is 2.57. The van der Waals surface area contributed by atoms with E-state index in [0.29, 0.717) is 4.57 Å². The number of rotatable bonds is 1. The van der Waals surface area contributed by atoms with Crippen LogP contribution in [0.1, 0.15) is 18.2 Å². The Morgan fingerprint density at radius 1 is 1.14 bits per heavy atom. The van der Waals surface area contributed by atoms with Gasteiger partial charge in [0.15, 0.2) is 5.65 Å². The fourth-order valence-corrected chi connectivity index (χ4v) is 1.94. The van der Waals surface area contributed by atoms with Crippen LogP contribution < -0.4 is 11.2 Å². The molecule has 0 unspecified atom stereocenters. The van der Waals surface area contributed by atoms with Gasteiger partial charge < -0.3 is 0 Å². The summed E-state index contributed by atoms with van der Waals surface area (Å²) in [6.07, 6.45) is -10.4. The number of fused-ring (bicyclic) bond motifs is 1. The number of halogens is 6. The molecule has 0 amide bonds. The molecule has 0 aliphatic heterocycles. The standard InChI is InChI=1S/C11H7F6N3O2/c1-2-20-7-6(8(21)19-9(20)22)4(10(12,13)14)3-5(18-7)11(15,16)17/h3H,2H2,1H3,(H,19,21,22). The van der Waals surface area contributed by atoms with Crippen molar-refractivity contribution in [3.63, 3.8) is 0 Å². The highest BCUT2D eigenvalue weighted by Gasteiger charge is 2.40. The van der Waals surface area contributed by atoms with Gasteiger partial charge in [0.25, 0.3) is 5.56 Å². The topological polar surface area (TPSA) is 67.8 Å². The largest absolute Gasteiger partial charge is 0.433 e. The summed E-state index contributed by atoms with van der Waals surface area (Å²) in [6, 6.07) is -0.248. The highest BCUT2D eigenvalue weighted by Crippen LogP contribution is 2.37. The predicted molar refractivity (Wildman–Crippen MR) is 62.3 cm³/mol. The van der Waals surface area contributed by atoms with Gasteiger partial charge in [-0.05, 0) is 13.0 Å². The summed E-state index contributed by atoms with van der Waals surface area (Å²) in [7, 11) is 0. The Bertz CT molecular complexity index is 846. The minimum absolute atomic E-state index is 0.248. The van der Waals surface area contributed by atoms with E-state index < -0.39 is 45.9 Å². The molecule has 0 aliphatic rings. The second kappa shape index (κ2) is 4.85. The van der Waals surface area contributed by atoms with Crippen LogP contribution >= 0.6 is 0 Å². The Labute approximate surface area is 117 Å². The lowest BCUT2D eigenvalue weighted by molar-refractivity contribution is -0.144. The van der Waals surface area contributed by atoms with Gasteiger partial charge in [0.05, 0.1) is 10.9 Å². The van der Waals surface area contributed by atoms with Gasteiger partial charge in [0.2, 0.25) is 0 Å². The number of alkyl halides is 6. The van der Waals surface area contributed by atoms with Crippen molar-refractivity contribution < 1.29 is 26.3 Å². The first-order chi connectivity index (χ1) is 9.96. The highest BCUT2D eigenvalue weighted by atomic mass is 19.4. The number of aryl methyl sites for hydroxylation is 1. The average molecular weight is 327 g/mol. The van der Waals surface area contributed by atoms with Crippen molar-refractivity contribution in [1.82, 2.24) is 14.5 Å². The molecule has 0 saturated carbocycles. The van der Waals surface area contributed by atoms with Gasteiger partial charge >= 0.3 is 18.0 Å². The predicted octanol–water partition coefficient (Wildman–Crippen LogP) is 2.14. The summed E-state index contributed by atoms with van der Waals surface area (Å²) in [5.41, 5.74) is -7.18. The normalized spacial score (nSPS) is 12.9. The summed E-state index contributed by atoms with van der Waals surface area (Å²) in [5, 5.41) is -1.11. The van der Waals surface area contributed by atoms with Crippen LogP contribution in [-0.2, 0) is 18.9 Å². The van der Waals surface area contributed by atoms with E-state index in [1.54, 1.807) is 4.98 Å². The van der Waals surface area contributed by atoms with Gasteiger partial charge in [0, 0.05) is 6.54 Å². The zero-order valence-corrected chi connectivity index (χ0v) is 10.8. The molecule has 0 aliphatic carbocycles. The number of aromatic amines is 1. The van der Waals surface area contributed by atoms with Gasteiger partial charge in [-0.2, -0.15) is 26.3 Å². The van der Waals surface area contributed by atoms with E-state index in [4.69, 9.17) is 0 Å². The van der Waals surface area contributed by atoms with E-state index in [0.717, 1.165) is 0 Å². The zero-order chi connectivity index (χ0) is 16.9. The van der Waals surface area contributed by atoms with Crippen molar-refractivity contribution in [3.8, 4) is 0 Å². The summed E-state index contributed by atoms with van der Waals surface area (Å²) in [6.45, 7) is 1.05. The Hall–Kier alpha value is -2.33. The van der Waals surface area contributed by atoms with Crippen LogP contribution in [0.5, 0.6) is 0 Å². The lowest BCUT2D eigenvalue weighted by Gasteiger charge is -2.15. The maximum Gasteiger partial charge on any atom is 0.433 e. The SMILES string of the molecule is CCn1c(=O)[nH]c(=O)c2c(C(F)(F)F)cc(C(F)(F)F)nc21. The molecule has 0 saturated heterocycles. The molecule has 22 heavy (non-hydrogen) atoms. The van der Waals surface area contributed by atoms with Crippen molar-refractivity contribution in [1.29, 1.82) is 0 Å². The Balaban J connectivity index is 3.12. The van der Waals surface area contributed by atoms with Crippen molar-refractivity contribution in [2.45, 2.75) is 25.8 Å². The van der Waals surface area contributed by atoms with E-state index in [1.807, 2.05) is 0 Å². The van der Waals surface area contributed by atoms with E-state index in [9.17, 15) is 35.9 Å². The summed E-state index contributed by atoms with van der Waals surface area (Å²) in [4.78, 5) is 27.8. The van der Waals surface area contributed by atoms with Crippen LogP contribution in [0.4, 0.5) is 26.3 Å². The molecule has 11 heteroatoms. The van der Waals surface area contributed by atoms with Gasteiger partial charge in [-0.1, -0.05) is 0 Å². The number of aromatic nitrogens is 3. The van der Waals surface area contributed by atoms with Gasteiger partial charge in [-0.15, -0.1) is 0 Å². The monoisotopic (exact) mass is 327 g/mol. The minimum Gasteiger partial charge on any atom is -0.278 e. The summed E-state index contributed by atoms with van der Waals surface area (Å²) >= 11 is 0. The second-order valence-corrected chi connectivity index (χ2v) is 4.25. The molecule has 0 spiro atoms. The average Bonchev–Trinajstić information content (AvgIpc) is 2.35. The van der Waals surface area contributed by atoms with E-state index in [2.05, 4.69) is 4.98 Å². The molecule has 5 nitrogen and oxygen atoms in total. The molecule has 0 bridgehead atoms. The van der Waals surface area contributed by atoms with Crippen LogP contribution in [0.2, 0.25) is 0 Å². The van der Waals surface area contributed by atoms with Gasteiger partial charge in [-0.25, -0.2) is 9.78 Å². The molecule has 0 fully saturated rings. The number of hydrogen-bond acceptors (Lipinski definition) is 3. The minimum atomic E-state index is -5.22. The summed E-state index contributed by atoms with van der Waals surface area (Å²) < 4.78 is 77.6. The molecule has 2 aromatic heterocycles. The third-order valence-electron chi connectivity index (χ3n) is 2.86. The Morgan fingerprint density at radius 3 is 2.18 bits per heavy atom. The fourth-order valence-electron chi connectivity index (χ4n) is 1.94. The molecule has 0 atom stereocenters. The highest BCUT2D eigenvalue weighted by molar-refractivity contribution is 5.79. The fraction of sp³-hybridized carbons (Fsp3) is 0.364. The Morgan fingerprint density at radius 2 is 1.73 bits per heavy atom. The van der Waals surface area contributed by atoms with E-state index >= 15 is 0 Å². The molecule has 120 valence electrons. The van der Waals surface area contributed by atoms with Crippen molar-refractivity contribution in [3.05, 3.63) is 38.2 Å². The lowest BCUT2D eigenvalue weighted by Crippen LogP contribution is -2.32. The first-order valence-electron chi connectivity index (χ1n) is 5.79. The van der Waals surface area contributed by atoms with Gasteiger partial charge in [0.1, 0.15) is 5.69 Å². The quantitative estimate of drug-likeness (QED) is 0.816. The lowest BCUT2D eigenvalue weighted by atomic mass is 10.1. The third-order valence-corrected chi connectivity index (χ3v) is 2.86. The van der Waals surface area contributed by atoms with Crippen molar-refractivity contribution in [2.75, 3.05) is 0 Å². The number of H-pyrrole nitrogens is 1.